The van der Waals surface area contributed by atoms with Gasteiger partial charge in [0.2, 0.25) is 0 Å². The summed E-state index contributed by atoms with van der Waals surface area (Å²) in [6.07, 6.45) is 4.56. The molecule has 6 nitrogen and oxygen atoms in total. The van der Waals surface area contributed by atoms with E-state index < -0.39 is 11.7 Å². The molecule has 1 aliphatic heterocycles. The fourth-order valence-corrected chi connectivity index (χ4v) is 2.15. The van der Waals surface area contributed by atoms with Crippen LogP contribution in [0.4, 0.5) is 9.18 Å². The molecule has 1 amide bonds. The van der Waals surface area contributed by atoms with E-state index in [1.807, 2.05) is 45.0 Å². The maximum Gasteiger partial charge on any atom is 0.407 e. The molecule has 0 radical (unpaired) electrons. The number of carbonyl (C=O) groups excluding carboxylic acids is 1. The molecule has 0 saturated carbocycles. The van der Waals surface area contributed by atoms with Crippen molar-refractivity contribution in [2.45, 2.75) is 45.4 Å². The number of hydrogen-bond acceptors (Lipinski definition) is 5. The van der Waals surface area contributed by atoms with Crippen molar-refractivity contribution < 1.29 is 13.9 Å². The Morgan fingerprint density at radius 1 is 1.52 bits per heavy atom. The van der Waals surface area contributed by atoms with Gasteiger partial charge in [0.15, 0.2) is 0 Å². The molecular formula is C16H23FN4O2. The van der Waals surface area contributed by atoms with Crippen LogP contribution in [0.15, 0.2) is 30.6 Å². The molecule has 0 aromatic carbocycles. The van der Waals surface area contributed by atoms with E-state index in [9.17, 15) is 9.18 Å². The first kappa shape index (κ1) is 17.2. The first-order chi connectivity index (χ1) is 10.7. The van der Waals surface area contributed by atoms with Crippen LogP contribution in [0, 0.1) is 5.82 Å². The normalized spacial score (nSPS) is 18.8. The van der Waals surface area contributed by atoms with Gasteiger partial charge in [-0.15, -0.1) is 0 Å². The number of hydrazine groups is 1. The molecule has 7 heteroatoms. The molecule has 1 unspecified atom stereocenters. The van der Waals surface area contributed by atoms with E-state index in [2.05, 4.69) is 15.7 Å². The third-order valence-corrected chi connectivity index (χ3v) is 3.07. The Kier molecular flexibility index (Phi) is 5.20. The number of pyridine rings is 1. The predicted octanol–water partition coefficient (Wildman–Crippen LogP) is 2.51. The standard InChI is InChI=1S/C16H23FN4O2/c1-11(19-15(22)23-16(2,3)4)10-21-8-7-14(20-21)13-6-5-12(17)9-18-13/h5-9,11,14,20H,10H2,1-4H3,(H,19,22)/t11-,14?/m1/s1. The minimum absolute atomic E-state index is 0.107. The van der Waals surface area contributed by atoms with E-state index in [1.165, 1.54) is 12.3 Å². The summed E-state index contributed by atoms with van der Waals surface area (Å²) in [7, 11) is 0. The van der Waals surface area contributed by atoms with Crippen LogP contribution in [0.3, 0.4) is 0 Å². The highest BCUT2D eigenvalue weighted by Crippen LogP contribution is 2.18. The van der Waals surface area contributed by atoms with Crippen LogP contribution < -0.4 is 10.7 Å². The Bertz CT molecular complexity index is 568. The summed E-state index contributed by atoms with van der Waals surface area (Å²) in [5, 5.41) is 4.64. The number of carbonyl (C=O) groups is 1. The van der Waals surface area contributed by atoms with Crippen molar-refractivity contribution in [1.82, 2.24) is 20.7 Å². The summed E-state index contributed by atoms with van der Waals surface area (Å²) in [6.45, 7) is 7.92. The van der Waals surface area contributed by atoms with E-state index >= 15 is 0 Å². The number of alkyl carbamates (subject to hydrolysis) is 1. The molecular weight excluding hydrogens is 299 g/mol. The smallest absolute Gasteiger partial charge is 0.407 e. The number of amides is 1. The second-order valence-electron chi connectivity index (χ2n) is 6.55. The van der Waals surface area contributed by atoms with E-state index in [4.69, 9.17) is 4.74 Å². The number of nitrogens with one attached hydrogen (secondary N) is 2. The summed E-state index contributed by atoms with van der Waals surface area (Å²) in [4.78, 5) is 15.8. The molecule has 2 atom stereocenters. The van der Waals surface area contributed by atoms with Crippen molar-refractivity contribution in [3.63, 3.8) is 0 Å². The highest BCUT2D eigenvalue weighted by Gasteiger charge is 2.22. The van der Waals surface area contributed by atoms with Crippen LogP contribution in [-0.2, 0) is 4.74 Å². The molecule has 1 aliphatic rings. The monoisotopic (exact) mass is 322 g/mol. The SMILES string of the molecule is C[C@H](CN1C=CC(c2ccc(F)cn2)N1)NC(=O)OC(C)(C)C. The lowest BCUT2D eigenvalue weighted by atomic mass is 10.2. The molecule has 1 aromatic heterocycles. The fourth-order valence-electron chi connectivity index (χ4n) is 2.15. The molecule has 2 heterocycles. The van der Waals surface area contributed by atoms with Gasteiger partial charge in [0.1, 0.15) is 11.4 Å². The minimum atomic E-state index is -0.519. The molecule has 23 heavy (non-hydrogen) atoms. The van der Waals surface area contributed by atoms with Gasteiger partial charge in [-0.25, -0.2) is 14.6 Å². The summed E-state index contributed by atoms with van der Waals surface area (Å²) in [5.74, 6) is -0.359. The van der Waals surface area contributed by atoms with Gasteiger partial charge in [-0.2, -0.15) is 0 Å². The molecule has 0 saturated heterocycles. The van der Waals surface area contributed by atoms with E-state index in [-0.39, 0.29) is 17.9 Å². The fraction of sp³-hybridized carbons (Fsp3) is 0.500. The number of halogens is 1. The molecule has 0 aliphatic carbocycles. The van der Waals surface area contributed by atoms with Crippen molar-refractivity contribution in [1.29, 1.82) is 0 Å². The number of hydrogen-bond donors (Lipinski definition) is 2. The number of ether oxygens (including phenoxy) is 1. The first-order valence-electron chi connectivity index (χ1n) is 7.55. The van der Waals surface area contributed by atoms with Gasteiger partial charge >= 0.3 is 6.09 Å². The molecule has 126 valence electrons. The van der Waals surface area contributed by atoms with Crippen molar-refractivity contribution in [2.75, 3.05) is 6.54 Å². The predicted molar refractivity (Wildman–Crippen MR) is 84.7 cm³/mol. The number of nitrogens with zero attached hydrogens (tertiary/aromatic N) is 2. The van der Waals surface area contributed by atoms with Crippen LogP contribution in [0.5, 0.6) is 0 Å². The third-order valence-electron chi connectivity index (χ3n) is 3.07. The zero-order chi connectivity index (χ0) is 17.0. The van der Waals surface area contributed by atoms with Gasteiger partial charge in [0, 0.05) is 12.2 Å². The van der Waals surface area contributed by atoms with Gasteiger partial charge in [0.05, 0.1) is 24.5 Å². The van der Waals surface area contributed by atoms with Gasteiger partial charge in [-0.05, 0) is 45.9 Å². The Hall–Kier alpha value is -2.15. The molecule has 2 rings (SSSR count). The van der Waals surface area contributed by atoms with Crippen molar-refractivity contribution in [3.8, 4) is 0 Å². The average molecular weight is 322 g/mol. The summed E-state index contributed by atoms with van der Waals surface area (Å²) >= 11 is 0. The highest BCUT2D eigenvalue weighted by molar-refractivity contribution is 5.68. The third kappa shape index (κ3) is 5.52. The molecule has 1 aromatic rings. The number of aromatic nitrogens is 1. The Morgan fingerprint density at radius 2 is 2.26 bits per heavy atom. The summed E-state index contributed by atoms with van der Waals surface area (Å²) < 4.78 is 18.1. The topological polar surface area (TPSA) is 66.5 Å². The molecule has 0 spiro atoms. The lowest BCUT2D eigenvalue weighted by molar-refractivity contribution is 0.0497. The Balaban J connectivity index is 1.80. The van der Waals surface area contributed by atoms with Crippen LogP contribution in [0.2, 0.25) is 0 Å². The molecule has 0 fully saturated rings. The van der Waals surface area contributed by atoms with Crippen LogP contribution in [-0.4, -0.2) is 34.3 Å². The summed E-state index contributed by atoms with van der Waals surface area (Å²) in [6, 6.07) is 2.81. The van der Waals surface area contributed by atoms with E-state index in [0.717, 1.165) is 5.69 Å². The Labute approximate surface area is 135 Å². The zero-order valence-electron chi connectivity index (χ0n) is 13.8. The zero-order valence-corrected chi connectivity index (χ0v) is 13.8. The average Bonchev–Trinajstić information content (AvgIpc) is 2.85. The van der Waals surface area contributed by atoms with Crippen LogP contribution >= 0.6 is 0 Å². The Morgan fingerprint density at radius 3 is 2.87 bits per heavy atom. The van der Waals surface area contributed by atoms with Crippen LogP contribution in [0.25, 0.3) is 0 Å². The number of rotatable bonds is 4. The quantitative estimate of drug-likeness (QED) is 0.891. The van der Waals surface area contributed by atoms with Crippen molar-refractivity contribution in [3.05, 3.63) is 42.1 Å². The molecule has 0 bridgehead atoms. The van der Waals surface area contributed by atoms with Gasteiger partial charge in [0.25, 0.3) is 0 Å². The molecule has 2 N–H and O–H groups in total. The second-order valence-corrected chi connectivity index (χ2v) is 6.55. The highest BCUT2D eigenvalue weighted by atomic mass is 19.1. The summed E-state index contributed by atoms with van der Waals surface area (Å²) in [5.41, 5.74) is 3.44. The minimum Gasteiger partial charge on any atom is -0.444 e. The maximum atomic E-state index is 12.9. The van der Waals surface area contributed by atoms with E-state index in [0.29, 0.717) is 6.54 Å². The van der Waals surface area contributed by atoms with Crippen molar-refractivity contribution in [2.24, 2.45) is 0 Å². The largest absolute Gasteiger partial charge is 0.444 e. The van der Waals surface area contributed by atoms with E-state index in [1.54, 1.807) is 6.07 Å². The lowest BCUT2D eigenvalue weighted by Crippen LogP contribution is -2.45. The van der Waals surface area contributed by atoms with Gasteiger partial charge in [-0.1, -0.05) is 0 Å². The maximum absolute atomic E-state index is 12.9. The second kappa shape index (κ2) is 6.95. The first-order valence-corrected chi connectivity index (χ1v) is 7.55. The van der Waals surface area contributed by atoms with Gasteiger partial charge in [-0.3, -0.25) is 4.98 Å². The van der Waals surface area contributed by atoms with Crippen LogP contribution in [0.1, 0.15) is 39.4 Å². The lowest BCUT2D eigenvalue weighted by Gasteiger charge is -2.25. The van der Waals surface area contributed by atoms with Gasteiger partial charge < -0.3 is 15.1 Å². The van der Waals surface area contributed by atoms with Crippen molar-refractivity contribution >= 4 is 6.09 Å².